The molecule has 2 heterocycles. The molecule has 2 aromatic heterocycles. The molecule has 0 spiro atoms. The third-order valence-corrected chi connectivity index (χ3v) is 2.89. The molecule has 0 aliphatic rings. The molecule has 2 rings (SSSR count). The van der Waals surface area contributed by atoms with E-state index in [1.54, 1.807) is 12.3 Å². The molecule has 0 saturated heterocycles. The van der Waals surface area contributed by atoms with Gasteiger partial charge >= 0.3 is 0 Å². The zero-order chi connectivity index (χ0) is 14.5. The number of rotatable bonds is 6. The van der Waals surface area contributed by atoms with Gasteiger partial charge in [0.15, 0.2) is 0 Å². The lowest BCUT2D eigenvalue weighted by Gasteiger charge is -2.15. The van der Waals surface area contributed by atoms with Crippen LogP contribution in [-0.2, 0) is 6.42 Å². The van der Waals surface area contributed by atoms with Crippen molar-refractivity contribution in [3.8, 4) is 0 Å². The fourth-order valence-corrected chi connectivity index (χ4v) is 1.91. The number of furan rings is 1. The number of hydrogen-bond acceptors (Lipinski definition) is 6. The molecule has 6 heteroatoms. The summed E-state index contributed by atoms with van der Waals surface area (Å²) >= 11 is 0. The third kappa shape index (κ3) is 3.71. The molecule has 2 aromatic rings. The molecule has 0 bridgehead atoms. The molecular weight excluding hydrogens is 254 g/mol. The van der Waals surface area contributed by atoms with Gasteiger partial charge in [0.25, 0.3) is 0 Å². The van der Waals surface area contributed by atoms with Crippen LogP contribution in [0.5, 0.6) is 0 Å². The van der Waals surface area contributed by atoms with Gasteiger partial charge in [0.2, 0.25) is 0 Å². The second-order valence-electron chi connectivity index (χ2n) is 5.12. The van der Waals surface area contributed by atoms with Gasteiger partial charge in [-0.05, 0) is 19.1 Å². The van der Waals surface area contributed by atoms with Crippen molar-refractivity contribution in [2.24, 2.45) is 5.84 Å². The highest BCUT2D eigenvalue weighted by molar-refractivity contribution is 5.47. The van der Waals surface area contributed by atoms with E-state index < -0.39 is 0 Å². The Labute approximate surface area is 118 Å². The smallest absolute Gasteiger partial charge is 0.145 e. The van der Waals surface area contributed by atoms with Gasteiger partial charge in [0.1, 0.15) is 23.2 Å². The van der Waals surface area contributed by atoms with Crippen LogP contribution >= 0.6 is 0 Å². The molecular formula is C14H21N5O. The SMILES string of the molecule is CC(Cc1ccco1)Nc1cc(NN)nc(C(C)C)n1. The Hall–Kier alpha value is -2.08. The first-order valence-corrected chi connectivity index (χ1v) is 6.73. The Bertz CT molecular complexity index is 539. The molecule has 0 aromatic carbocycles. The summed E-state index contributed by atoms with van der Waals surface area (Å²) < 4.78 is 5.34. The maximum atomic E-state index is 5.45. The van der Waals surface area contributed by atoms with E-state index in [4.69, 9.17) is 10.3 Å². The maximum absolute atomic E-state index is 5.45. The summed E-state index contributed by atoms with van der Waals surface area (Å²) in [5.41, 5.74) is 2.57. The minimum absolute atomic E-state index is 0.196. The predicted octanol–water partition coefficient (Wildman–Crippen LogP) is 2.52. The molecule has 0 saturated carbocycles. The molecule has 108 valence electrons. The molecule has 0 aliphatic carbocycles. The van der Waals surface area contributed by atoms with Crippen molar-refractivity contribution in [1.29, 1.82) is 0 Å². The average molecular weight is 275 g/mol. The number of nitrogens with one attached hydrogen (secondary N) is 2. The van der Waals surface area contributed by atoms with Gasteiger partial charge in [-0.2, -0.15) is 0 Å². The third-order valence-electron chi connectivity index (χ3n) is 2.89. The molecule has 6 nitrogen and oxygen atoms in total. The summed E-state index contributed by atoms with van der Waals surface area (Å²) in [6.45, 7) is 6.17. The summed E-state index contributed by atoms with van der Waals surface area (Å²) in [6, 6.07) is 5.84. The van der Waals surface area contributed by atoms with Crippen LogP contribution in [0, 0.1) is 0 Å². The first kappa shape index (κ1) is 14.3. The minimum atomic E-state index is 0.196. The number of hydrazine groups is 1. The summed E-state index contributed by atoms with van der Waals surface area (Å²) in [7, 11) is 0. The molecule has 4 N–H and O–H groups in total. The quantitative estimate of drug-likeness (QED) is 0.554. The minimum Gasteiger partial charge on any atom is -0.469 e. The largest absolute Gasteiger partial charge is 0.469 e. The molecule has 1 atom stereocenters. The Morgan fingerprint density at radius 2 is 2.00 bits per heavy atom. The lowest BCUT2D eigenvalue weighted by Crippen LogP contribution is -2.20. The van der Waals surface area contributed by atoms with E-state index in [2.05, 4.69) is 27.6 Å². The summed E-state index contributed by atoms with van der Waals surface area (Å²) in [5, 5.41) is 3.34. The summed E-state index contributed by atoms with van der Waals surface area (Å²) in [6.07, 6.45) is 2.47. The zero-order valence-electron chi connectivity index (χ0n) is 12.1. The highest BCUT2D eigenvalue weighted by atomic mass is 16.3. The van der Waals surface area contributed by atoms with Crippen molar-refractivity contribution in [1.82, 2.24) is 9.97 Å². The fraction of sp³-hybridized carbons (Fsp3) is 0.429. The fourth-order valence-electron chi connectivity index (χ4n) is 1.91. The van der Waals surface area contributed by atoms with E-state index in [1.165, 1.54) is 0 Å². The molecule has 0 aliphatic heterocycles. The number of aromatic nitrogens is 2. The molecule has 0 fully saturated rings. The number of hydrogen-bond donors (Lipinski definition) is 3. The second-order valence-corrected chi connectivity index (χ2v) is 5.12. The zero-order valence-corrected chi connectivity index (χ0v) is 12.1. The van der Waals surface area contributed by atoms with E-state index in [1.807, 2.05) is 26.0 Å². The number of anilines is 2. The molecule has 0 radical (unpaired) electrons. The summed E-state index contributed by atoms with van der Waals surface area (Å²) in [4.78, 5) is 8.83. The van der Waals surface area contributed by atoms with Crippen LogP contribution in [0.2, 0.25) is 0 Å². The summed E-state index contributed by atoms with van der Waals surface area (Å²) in [5.74, 6) is 8.76. The van der Waals surface area contributed by atoms with Gasteiger partial charge < -0.3 is 15.2 Å². The molecule has 1 unspecified atom stereocenters. The average Bonchev–Trinajstić information content (AvgIpc) is 2.90. The van der Waals surface area contributed by atoms with Crippen LogP contribution in [0.15, 0.2) is 28.9 Å². The van der Waals surface area contributed by atoms with Crippen LogP contribution in [-0.4, -0.2) is 16.0 Å². The van der Waals surface area contributed by atoms with Crippen molar-refractivity contribution >= 4 is 11.6 Å². The van der Waals surface area contributed by atoms with E-state index in [9.17, 15) is 0 Å². The van der Waals surface area contributed by atoms with Crippen LogP contribution in [0.4, 0.5) is 11.6 Å². The topological polar surface area (TPSA) is 89.0 Å². The predicted molar refractivity (Wildman–Crippen MR) is 79.4 cm³/mol. The Morgan fingerprint density at radius 1 is 1.25 bits per heavy atom. The van der Waals surface area contributed by atoms with Crippen molar-refractivity contribution in [3.63, 3.8) is 0 Å². The lowest BCUT2D eigenvalue weighted by molar-refractivity contribution is 0.497. The second kappa shape index (κ2) is 6.38. The number of nitrogens with zero attached hydrogens (tertiary/aromatic N) is 2. The standard InChI is InChI=1S/C14H21N5O/c1-9(2)14-17-12(8-13(18-14)19-15)16-10(3)7-11-5-4-6-20-11/h4-6,8-10H,7,15H2,1-3H3,(H2,16,17,18,19). The Morgan fingerprint density at radius 3 is 2.60 bits per heavy atom. The molecule has 0 amide bonds. The van der Waals surface area contributed by atoms with Crippen LogP contribution < -0.4 is 16.6 Å². The van der Waals surface area contributed by atoms with Crippen LogP contribution in [0.1, 0.15) is 38.3 Å². The number of nitrogen functional groups attached to an aromatic ring is 1. The van der Waals surface area contributed by atoms with Gasteiger partial charge in [-0.3, -0.25) is 0 Å². The Balaban J connectivity index is 2.09. The maximum Gasteiger partial charge on any atom is 0.145 e. The first-order valence-electron chi connectivity index (χ1n) is 6.73. The molecule has 20 heavy (non-hydrogen) atoms. The van der Waals surface area contributed by atoms with Gasteiger partial charge in [-0.1, -0.05) is 13.8 Å². The van der Waals surface area contributed by atoms with Gasteiger partial charge in [-0.25, -0.2) is 15.8 Å². The van der Waals surface area contributed by atoms with Crippen molar-refractivity contribution in [2.45, 2.75) is 39.2 Å². The van der Waals surface area contributed by atoms with Crippen molar-refractivity contribution < 1.29 is 4.42 Å². The highest BCUT2D eigenvalue weighted by Crippen LogP contribution is 2.17. The monoisotopic (exact) mass is 275 g/mol. The van der Waals surface area contributed by atoms with E-state index in [-0.39, 0.29) is 12.0 Å². The lowest BCUT2D eigenvalue weighted by atomic mass is 10.2. The van der Waals surface area contributed by atoms with Crippen LogP contribution in [0.3, 0.4) is 0 Å². The van der Waals surface area contributed by atoms with Gasteiger partial charge in [0, 0.05) is 24.4 Å². The number of nitrogens with two attached hydrogens (primary N) is 1. The van der Waals surface area contributed by atoms with Crippen molar-refractivity contribution in [2.75, 3.05) is 10.7 Å². The van der Waals surface area contributed by atoms with Gasteiger partial charge in [0.05, 0.1) is 6.26 Å². The Kier molecular flexibility index (Phi) is 4.57. The van der Waals surface area contributed by atoms with E-state index in [0.29, 0.717) is 5.82 Å². The highest BCUT2D eigenvalue weighted by Gasteiger charge is 2.11. The van der Waals surface area contributed by atoms with Gasteiger partial charge in [-0.15, -0.1) is 0 Å². The first-order chi connectivity index (χ1) is 9.58. The van der Waals surface area contributed by atoms with Crippen LogP contribution in [0.25, 0.3) is 0 Å². The van der Waals surface area contributed by atoms with E-state index in [0.717, 1.165) is 23.8 Å². The van der Waals surface area contributed by atoms with Crippen molar-refractivity contribution in [3.05, 3.63) is 36.0 Å². The normalized spacial score (nSPS) is 12.4. The van der Waals surface area contributed by atoms with E-state index >= 15 is 0 Å².